The Bertz CT molecular complexity index is 1200. The molecule has 4 rings (SSSR count). The lowest BCUT2D eigenvalue weighted by Crippen LogP contribution is -2.20. The predicted octanol–water partition coefficient (Wildman–Crippen LogP) is 5.65. The average molecular weight is 401 g/mol. The number of fused-ring (bicyclic) bond motifs is 1. The first-order chi connectivity index (χ1) is 14.6. The van der Waals surface area contributed by atoms with Crippen LogP contribution in [0, 0.1) is 5.82 Å². The molecule has 0 unspecified atom stereocenters. The molecule has 0 aliphatic carbocycles. The van der Waals surface area contributed by atoms with Crippen LogP contribution in [0.3, 0.4) is 0 Å². The van der Waals surface area contributed by atoms with Crippen molar-refractivity contribution in [2.45, 2.75) is 19.4 Å². The third-order valence-electron chi connectivity index (χ3n) is 5.09. The van der Waals surface area contributed by atoms with Gasteiger partial charge in [0.15, 0.2) is 6.10 Å². The van der Waals surface area contributed by atoms with E-state index >= 15 is 0 Å². The van der Waals surface area contributed by atoms with Crippen LogP contribution in [0.1, 0.15) is 44.9 Å². The molecule has 0 radical (unpaired) electrons. The SMILES string of the molecule is CCc1cccc2c(C(=O)[C@@H](OC(=O)c3ccc(F)cc3)c3ccccc3)c[nH]c12. The highest BCUT2D eigenvalue weighted by molar-refractivity contribution is 6.11. The molecular weight excluding hydrogens is 381 g/mol. The van der Waals surface area contributed by atoms with Crippen molar-refractivity contribution in [3.63, 3.8) is 0 Å². The molecule has 30 heavy (non-hydrogen) atoms. The number of H-pyrrole nitrogens is 1. The third kappa shape index (κ3) is 3.74. The number of esters is 1. The topological polar surface area (TPSA) is 59.2 Å². The van der Waals surface area contributed by atoms with Gasteiger partial charge in [0, 0.05) is 28.2 Å². The van der Waals surface area contributed by atoms with E-state index in [1.165, 1.54) is 24.3 Å². The molecule has 0 saturated heterocycles. The zero-order valence-corrected chi connectivity index (χ0v) is 16.4. The molecule has 1 aromatic heterocycles. The number of nitrogens with one attached hydrogen (secondary N) is 1. The number of benzene rings is 3. The first-order valence-corrected chi connectivity index (χ1v) is 9.73. The van der Waals surface area contributed by atoms with Gasteiger partial charge in [-0.25, -0.2) is 9.18 Å². The van der Waals surface area contributed by atoms with E-state index in [9.17, 15) is 14.0 Å². The lowest BCUT2D eigenvalue weighted by molar-refractivity contribution is 0.0280. The molecule has 0 spiro atoms. The van der Waals surface area contributed by atoms with E-state index in [0.29, 0.717) is 11.1 Å². The fourth-order valence-corrected chi connectivity index (χ4v) is 3.52. The summed E-state index contributed by atoms with van der Waals surface area (Å²) in [6.45, 7) is 2.05. The second kappa shape index (κ2) is 8.33. The minimum Gasteiger partial charge on any atom is -0.445 e. The minimum absolute atomic E-state index is 0.178. The lowest BCUT2D eigenvalue weighted by Gasteiger charge is -2.17. The number of halogens is 1. The number of carbonyl (C=O) groups excluding carboxylic acids is 2. The maximum absolute atomic E-state index is 13.5. The van der Waals surface area contributed by atoms with Gasteiger partial charge in [0.05, 0.1) is 5.56 Å². The Kier molecular flexibility index (Phi) is 5.44. The van der Waals surface area contributed by atoms with Crippen LogP contribution in [0.25, 0.3) is 10.9 Å². The molecule has 4 nitrogen and oxygen atoms in total. The molecule has 0 saturated carbocycles. The third-order valence-corrected chi connectivity index (χ3v) is 5.09. The van der Waals surface area contributed by atoms with E-state index in [2.05, 4.69) is 4.98 Å². The van der Waals surface area contributed by atoms with E-state index < -0.39 is 17.9 Å². The lowest BCUT2D eigenvalue weighted by atomic mass is 9.98. The van der Waals surface area contributed by atoms with Crippen molar-refractivity contribution in [1.29, 1.82) is 0 Å². The average Bonchev–Trinajstić information content (AvgIpc) is 3.22. The molecule has 0 bridgehead atoms. The number of carbonyl (C=O) groups is 2. The van der Waals surface area contributed by atoms with Gasteiger partial charge in [-0.2, -0.15) is 0 Å². The second-order valence-corrected chi connectivity index (χ2v) is 6.96. The smallest absolute Gasteiger partial charge is 0.339 e. The molecule has 5 heteroatoms. The molecule has 1 N–H and O–H groups in total. The summed E-state index contributed by atoms with van der Waals surface area (Å²) in [6.07, 6.45) is 1.37. The maximum Gasteiger partial charge on any atom is 0.339 e. The molecule has 4 aromatic rings. The number of para-hydroxylation sites is 1. The summed E-state index contributed by atoms with van der Waals surface area (Å²) in [4.78, 5) is 29.3. The van der Waals surface area contributed by atoms with Crippen LogP contribution >= 0.6 is 0 Å². The number of hydrogen-bond acceptors (Lipinski definition) is 3. The molecular formula is C25H20FNO3. The van der Waals surface area contributed by atoms with Gasteiger partial charge in [-0.05, 0) is 36.2 Å². The number of aromatic amines is 1. The van der Waals surface area contributed by atoms with Crippen molar-refractivity contribution in [3.05, 3.63) is 107 Å². The van der Waals surface area contributed by atoms with E-state index in [0.717, 1.165) is 22.9 Å². The van der Waals surface area contributed by atoms with Gasteiger partial charge in [0.25, 0.3) is 0 Å². The Morgan fingerprint density at radius 2 is 1.70 bits per heavy atom. The monoisotopic (exact) mass is 401 g/mol. The predicted molar refractivity (Wildman–Crippen MR) is 113 cm³/mol. The van der Waals surface area contributed by atoms with Gasteiger partial charge >= 0.3 is 5.97 Å². The Hall–Kier alpha value is -3.73. The van der Waals surface area contributed by atoms with E-state index in [4.69, 9.17) is 4.74 Å². The van der Waals surface area contributed by atoms with Crippen molar-refractivity contribution in [1.82, 2.24) is 4.98 Å². The molecule has 1 atom stereocenters. The zero-order valence-electron chi connectivity index (χ0n) is 16.4. The Labute approximate surface area is 173 Å². The van der Waals surface area contributed by atoms with E-state index in [1.54, 1.807) is 30.5 Å². The zero-order chi connectivity index (χ0) is 21.1. The summed E-state index contributed by atoms with van der Waals surface area (Å²) >= 11 is 0. The van der Waals surface area contributed by atoms with Gasteiger partial charge in [0.2, 0.25) is 5.78 Å². The van der Waals surface area contributed by atoms with Gasteiger partial charge < -0.3 is 9.72 Å². The van der Waals surface area contributed by atoms with Crippen LogP contribution in [-0.4, -0.2) is 16.7 Å². The van der Waals surface area contributed by atoms with Gasteiger partial charge in [0.1, 0.15) is 5.82 Å². The summed E-state index contributed by atoms with van der Waals surface area (Å²) in [7, 11) is 0. The van der Waals surface area contributed by atoms with Gasteiger partial charge in [-0.1, -0.05) is 55.5 Å². The van der Waals surface area contributed by atoms with Crippen LogP contribution < -0.4 is 0 Å². The van der Waals surface area contributed by atoms with Crippen LogP contribution in [0.4, 0.5) is 4.39 Å². The molecule has 150 valence electrons. The van der Waals surface area contributed by atoms with Crippen LogP contribution in [-0.2, 0) is 11.2 Å². The summed E-state index contributed by atoms with van der Waals surface area (Å²) in [5.41, 5.74) is 3.21. The summed E-state index contributed by atoms with van der Waals surface area (Å²) < 4.78 is 18.8. The fourth-order valence-electron chi connectivity index (χ4n) is 3.52. The van der Waals surface area contributed by atoms with Crippen molar-refractivity contribution in [2.24, 2.45) is 0 Å². The first-order valence-electron chi connectivity index (χ1n) is 9.73. The quantitative estimate of drug-likeness (QED) is 0.335. The number of ether oxygens (including phenoxy) is 1. The summed E-state index contributed by atoms with van der Waals surface area (Å²) in [5, 5.41) is 0.790. The number of aryl methyl sites for hydroxylation is 1. The highest BCUT2D eigenvalue weighted by Gasteiger charge is 2.28. The highest BCUT2D eigenvalue weighted by atomic mass is 19.1. The fraction of sp³-hybridized carbons (Fsp3) is 0.120. The summed E-state index contributed by atoms with van der Waals surface area (Å²) in [5.74, 6) is -1.46. The number of aromatic nitrogens is 1. The van der Waals surface area contributed by atoms with Crippen molar-refractivity contribution < 1.29 is 18.7 Å². The number of Topliss-reactive ketones (excluding diaryl/α,β-unsaturated/α-hetero) is 1. The first kappa shape index (κ1) is 19.6. The Morgan fingerprint density at radius 3 is 2.40 bits per heavy atom. The normalized spacial score (nSPS) is 11.9. The number of hydrogen-bond donors (Lipinski definition) is 1. The Balaban J connectivity index is 1.72. The van der Waals surface area contributed by atoms with Gasteiger partial charge in [-0.15, -0.1) is 0 Å². The highest BCUT2D eigenvalue weighted by Crippen LogP contribution is 2.29. The standard InChI is InChI=1S/C25H20FNO3/c1-2-16-9-6-10-20-21(15-27-22(16)20)23(28)24(17-7-4-3-5-8-17)30-25(29)18-11-13-19(26)14-12-18/h3-15,24,27H,2H2,1H3/t24-/m0/s1. The van der Waals surface area contributed by atoms with Crippen molar-refractivity contribution in [3.8, 4) is 0 Å². The molecule has 0 aliphatic heterocycles. The van der Waals surface area contributed by atoms with Gasteiger partial charge in [-0.3, -0.25) is 4.79 Å². The minimum atomic E-state index is -1.12. The molecule has 1 heterocycles. The van der Waals surface area contributed by atoms with Crippen molar-refractivity contribution >= 4 is 22.7 Å². The summed E-state index contributed by atoms with van der Waals surface area (Å²) in [6, 6.07) is 19.7. The molecule has 0 amide bonds. The molecule has 3 aromatic carbocycles. The van der Waals surface area contributed by atoms with Crippen LogP contribution in [0.5, 0.6) is 0 Å². The van der Waals surface area contributed by atoms with Crippen LogP contribution in [0.15, 0.2) is 79.0 Å². The largest absolute Gasteiger partial charge is 0.445 e. The Morgan fingerprint density at radius 1 is 0.967 bits per heavy atom. The number of ketones is 1. The molecule has 0 fully saturated rings. The van der Waals surface area contributed by atoms with E-state index in [1.807, 2.05) is 31.2 Å². The molecule has 0 aliphatic rings. The maximum atomic E-state index is 13.5. The second-order valence-electron chi connectivity index (χ2n) is 6.96. The van der Waals surface area contributed by atoms with Crippen molar-refractivity contribution in [2.75, 3.05) is 0 Å². The van der Waals surface area contributed by atoms with E-state index in [-0.39, 0.29) is 11.3 Å². The number of rotatable bonds is 6. The van der Waals surface area contributed by atoms with Crippen LogP contribution in [0.2, 0.25) is 0 Å².